The van der Waals surface area contributed by atoms with Crippen LogP contribution in [0.1, 0.15) is 49.9 Å². The van der Waals surface area contributed by atoms with E-state index in [9.17, 15) is 9.18 Å². The van der Waals surface area contributed by atoms with Gasteiger partial charge in [-0.3, -0.25) is 0 Å². The Bertz CT molecular complexity index is 943. The minimum Gasteiger partial charge on any atom is -0.493 e. The average Bonchev–Trinajstić information content (AvgIpc) is 3.80. The molecule has 0 spiro atoms. The monoisotopic (exact) mass is 488 g/mol. The first-order valence-corrected chi connectivity index (χ1v) is 12.7. The van der Waals surface area contributed by atoms with Gasteiger partial charge in [-0.15, -0.1) is 0 Å². The van der Waals surface area contributed by atoms with Crippen molar-refractivity contribution in [1.82, 2.24) is 15.5 Å². The Morgan fingerprint density at radius 1 is 1.26 bits per heavy atom. The van der Waals surface area contributed by atoms with Crippen LogP contribution in [0.5, 0.6) is 5.75 Å². The van der Waals surface area contributed by atoms with Crippen molar-refractivity contribution in [3.8, 4) is 5.75 Å². The minimum atomic E-state index is -0.383. The summed E-state index contributed by atoms with van der Waals surface area (Å²) in [5.74, 6) is 2.90. The van der Waals surface area contributed by atoms with Crippen LogP contribution in [0, 0.1) is 23.6 Å². The van der Waals surface area contributed by atoms with Crippen LogP contribution in [0.4, 0.5) is 10.4 Å². The summed E-state index contributed by atoms with van der Waals surface area (Å²) in [4.78, 5) is 17.1. The molecule has 0 radical (unpaired) electrons. The molecule has 2 unspecified atom stereocenters. The number of carbonyl (C=O) groups excluding carboxylic acids is 1. The van der Waals surface area contributed by atoms with Crippen LogP contribution in [0.25, 0.3) is 0 Å². The first-order chi connectivity index (χ1) is 17.1. The fourth-order valence-electron chi connectivity index (χ4n) is 4.83. The number of aromatic nitrogens is 2. The van der Waals surface area contributed by atoms with Gasteiger partial charge in [-0.05, 0) is 75.0 Å². The maximum Gasteiger partial charge on any atom is 0.324 e. The molecule has 2 aromatic rings. The van der Waals surface area contributed by atoms with E-state index in [4.69, 9.17) is 14.0 Å². The Labute approximate surface area is 206 Å². The lowest BCUT2D eigenvalue weighted by atomic mass is 9.90. The number of nitrogens with one attached hydrogen (secondary N) is 1. The van der Waals surface area contributed by atoms with E-state index in [1.807, 2.05) is 7.05 Å². The second kappa shape index (κ2) is 12.4. The Balaban J connectivity index is 0.000000514. The number of nitrogens with zero attached hydrogens (tertiary/aromatic N) is 3. The van der Waals surface area contributed by atoms with E-state index in [1.54, 1.807) is 19.2 Å². The summed E-state index contributed by atoms with van der Waals surface area (Å²) >= 11 is 0. The molecule has 2 aliphatic carbocycles. The lowest BCUT2D eigenvalue weighted by Crippen LogP contribution is -2.34. The molecule has 3 fully saturated rings. The Morgan fingerprint density at radius 3 is 2.69 bits per heavy atom. The van der Waals surface area contributed by atoms with Crippen LogP contribution >= 0.6 is 0 Å². The molecule has 1 aliphatic heterocycles. The molecule has 9 heteroatoms. The lowest BCUT2D eigenvalue weighted by Gasteiger charge is -2.30. The van der Waals surface area contributed by atoms with E-state index in [2.05, 4.69) is 20.4 Å². The molecule has 0 bridgehead atoms. The van der Waals surface area contributed by atoms with Crippen LogP contribution in [0.3, 0.4) is 0 Å². The molecule has 8 nitrogen and oxygen atoms in total. The Morgan fingerprint density at radius 2 is 2.06 bits per heavy atom. The predicted octanol–water partition coefficient (Wildman–Crippen LogP) is 3.79. The molecule has 192 valence electrons. The highest BCUT2D eigenvalue weighted by atomic mass is 19.1. The molecule has 3 aliphatic rings. The minimum absolute atomic E-state index is 0.0928. The van der Waals surface area contributed by atoms with Gasteiger partial charge in [0.15, 0.2) is 5.82 Å². The molecule has 0 amide bonds. The largest absolute Gasteiger partial charge is 0.493 e. The molecular weight excluding hydrogens is 451 g/mol. The summed E-state index contributed by atoms with van der Waals surface area (Å²) in [5.41, 5.74) is 0.404. The third kappa shape index (κ3) is 7.48. The number of aldehydes is 1. The maximum atomic E-state index is 13.9. The first-order valence-electron chi connectivity index (χ1n) is 12.7. The number of benzene rings is 1. The van der Waals surface area contributed by atoms with Gasteiger partial charge in [0.05, 0.1) is 6.61 Å². The standard InChI is InChI=1S/C22H28FN3O4.C4H9N/c1-28-14-21-24-22(30-25-21)26-8-4-15(5-9-26)19-12-17(19)7-11-29-18-3-2-16(6-10-27)20(23)13-18;1-5-4-2-3-4/h2-3,10,13,15,17,19H,4-9,11-12,14H2,1H3;4-5H,2-3H2,1H3. The number of hydrogen-bond donors (Lipinski definition) is 1. The fraction of sp³-hybridized carbons (Fsp3) is 0.654. The number of halogens is 1. The van der Waals surface area contributed by atoms with Crippen LogP contribution in [-0.2, 0) is 22.6 Å². The van der Waals surface area contributed by atoms with Crippen molar-refractivity contribution in [3.63, 3.8) is 0 Å². The van der Waals surface area contributed by atoms with Gasteiger partial charge in [-0.2, -0.15) is 4.98 Å². The number of rotatable bonds is 11. The Kier molecular flexibility index (Phi) is 9.09. The van der Waals surface area contributed by atoms with E-state index >= 15 is 0 Å². The molecule has 1 N–H and O–H groups in total. The van der Waals surface area contributed by atoms with Gasteiger partial charge in [0, 0.05) is 38.7 Å². The molecular formula is C26H37FN4O4. The van der Waals surface area contributed by atoms with Crippen LogP contribution in [-0.4, -0.2) is 56.3 Å². The van der Waals surface area contributed by atoms with Crippen molar-refractivity contribution in [3.05, 3.63) is 35.4 Å². The maximum absolute atomic E-state index is 13.9. The highest BCUT2D eigenvalue weighted by Gasteiger charge is 2.43. The van der Waals surface area contributed by atoms with E-state index in [1.165, 1.54) is 25.3 Å². The molecule has 1 aromatic heterocycles. The number of anilines is 1. The van der Waals surface area contributed by atoms with Crippen LogP contribution < -0.4 is 15.0 Å². The SMILES string of the molecule is CNC1CC1.COCc1noc(N2CCC(C3CC3CCOc3ccc(CC=O)c(F)c3)CC2)n1. The third-order valence-corrected chi connectivity index (χ3v) is 7.19. The Hall–Kier alpha value is -2.52. The van der Waals surface area contributed by atoms with Gasteiger partial charge >= 0.3 is 6.01 Å². The average molecular weight is 489 g/mol. The van der Waals surface area contributed by atoms with E-state index < -0.39 is 0 Å². The van der Waals surface area contributed by atoms with Crippen molar-refractivity contribution in [2.24, 2.45) is 17.8 Å². The summed E-state index contributed by atoms with van der Waals surface area (Å²) in [7, 11) is 3.63. The molecule has 5 rings (SSSR count). The summed E-state index contributed by atoms with van der Waals surface area (Å²) in [6.07, 6.45) is 8.10. The molecule has 1 saturated heterocycles. The van der Waals surface area contributed by atoms with Gasteiger partial charge in [0.2, 0.25) is 0 Å². The normalized spacial score (nSPS) is 21.9. The fourth-order valence-corrected chi connectivity index (χ4v) is 4.83. The quantitative estimate of drug-likeness (QED) is 0.478. The van der Waals surface area contributed by atoms with Gasteiger partial charge in [0.1, 0.15) is 24.5 Å². The summed E-state index contributed by atoms with van der Waals surface area (Å²) in [5, 5.41) is 7.07. The molecule has 1 aromatic carbocycles. The number of hydrogen-bond acceptors (Lipinski definition) is 8. The zero-order valence-corrected chi connectivity index (χ0v) is 20.7. The van der Waals surface area contributed by atoms with E-state index in [0.29, 0.717) is 48.6 Å². The zero-order valence-electron chi connectivity index (χ0n) is 20.7. The second-order valence-electron chi connectivity index (χ2n) is 9.73. The van der Waals surface area contributed by atoms with E-state index in [-0.39, 0.29) is 12.2 Å². The number of ether oxygens (including phenoxy) is 2. The summed E-state index contributed by atoms with van der Waals surface area (Å²) in [6, 6.07) is 6.20. The molecule has 35 heavy (non-hydrogen) atoms. The second-order valence-corrected chi connectivity index (χ2v) is 9.73. The predicted molar refractivity (Wildman–Crippen MR) is 130 cm³/mol. The van der Waals surface area contributed by atoms with Crippen molar-refractivity contribution < 1.29 is 23.2 Å². The third-order valence-electron chi connectivity index (χ3n) is 7.19. The van der Waals surface area contributed by atoms with Gasteiger partial charge < -0.3 is 29.0 Å². The number of methoxy groups -OCH3 is 1. The highest BCUT2D eigenvalue weighted by Crippen LogP contribution is 2.50. The summed E-state index contributed by atoms with van der Waals surface area (Å²) in [6.45, 7) is 2.83. The number of piperidine rings is 1. The van der Waals surface area contributed by atoms with Crippen LogP contribution in [0.15, 0.2) is 22.7 Å². The summed E-state index contributed by atoms with van der Waals surface area (Å²) < 4.78 is 30.0. The van der Waals surface area contributed by atoms with Gasteiger partial charge in [-0.25, -0.2) is 4.39 Å². The topological polar surface area (TPSA) is 89.7 Å². The van der Waals surface area contributed by atoms with Gasteiger partial charge in [0.25, 0.3) is 0 Å². The van der Waals surface area contributed by atoms with Crippen molar-refractivity contribution in [2.45, 2.75) is 57.6 Å². The van der Waals surface area contributed by atoms with E-state index in [0.717, 1.165) is 50.2 Å². The van der Waals surface area contributed by atoms with Gasteiger partial charge in [-0.1, -0.05) is 11.2 Å². The van der Waals surface area contributed by atoms with Crippen molar-refractivity contribution >= 4 is 12.3 Å². The first kappa shape index (κ1) is 25.6. The lowest BCUT2D eigenvalue weighted by molar-refractivity contribution is -0.107. The van der Waals surface area contributed by atoms with Crippen molar-refractivity contribution in [1.29, 1.82) is 0 Å². The smallest absolute Gasteiger partial charge is 0.324 e. The van der Waals surface area contributed by atoms with Crippen LogP contribution in [0.2, 0.25) is 0 Å². The molecule has 2 heterocycles. The van der Waals surface area contributed by atoms with Crippen molar-refractivity contribution in [2.75, 3.05) is 38.8 Å². The number of carbonyl (C=O) groups is 1. The highest BCUT2D eigenvalue weighted by molar-refractivity contribution is 5.55. The molecule has 2 saturated carbocycles. The molecule has 2 atom stereocenters. The zero-order chi connectivity index (χ0) is 24.6.